The van der Waals surface area contributed by atoms with Crippen molar-refractivity contribution in [1.29, 1.82) is 0 Å². The number of fused-ring (bicyclic) bond motifs is 2. The van der Waals surface area contributed by atoms with Crippen molar-refractivity contribution in [2.24, 2.45) is 0 Å². The van der Waals surface area contributed by atoms with E-state index in [9.17, 15) is 4.79 Å². The monoisotopic (exact) mass is 320 g/mol. The normalized spacial score (nSPS) is 11.4. The lowest BCUT2D eigenvalue weighted by molar-refractivity contribution is 0.111. The minimum absolute atomic E-state index is 0.650. The third-order valence-corrected chi connectivity index (χ3v) is 5.27. The highest BCUT2D eigenvalue weighted by Gasteiger charge is 2.19. The molecule has 4 rings (SSSR count). The van der Waals surface area contributed by atoms with Gasteiger partial charge < -0.3 is 0 Å². The molecular formula is C19H16N2OS. The lowest BCUT2D eigenvalue weighted by Gasteiger charge is -2.03. The quantitative estimate of drug-likeness (QED) is 0.503. The van der Waals surface area contributed by atoms with Gasteiger partial charge in [0.25, 0.3) is 0 Å². The average Bonchev–Trinajstić information content (AvgIpc) is 3.08. The fraction of sp³-hybridized carbons (Fsp3) is 0.158. The highest BCUT2D eigenvalue weighted by Crippen LogP contribution is 2.31. The van der Waals surface area contributed by atoms with Gasteiger partial charge in [-0.25, -0.2) is 4.98 Å². The molecule has 4 heteroatoms. The van der Waals surface area contributed by atoms with Gasteiger partial charge in [-0.1, -0.05) is 43.3 Å². The first kappa shape index (κ1) is 14.2. The smallest absolute Gasteiger partial charge is 0.195 e. The fourth-order valence-electron chi connectivity index (χ4n) is 3.16. The van der Waals surface area contributed by atoms with Crippen LogP contribution in [0, 0.1) is 6.92 Å². The number of aldehydes is 1. The van der Waals surface area contributed by atoms with Crippen molar-refractivity contribution >= 4 is 33.4 Å². The molecule has 2 aromatic heterocycles. The number of aromatic nitrogens is 2. The van der Waals surface area contributed by atoms with Crippen molar-refractivity contribution in [2.75, 3.05) is 0 Å². The summed E-state index contributed by atoms with van der Waals surface area (Å²) in [7, 11) is 0. The fourth-order valence-corrected chi connectivity index (χ4v) is 4.22. The lowest BCUT2D eigenvalue weighted by atomic mass is 10.0. The molecule has 0 radical (unpaired) electrons. The molecule has 23 heavy (non-hydrogen) atoms. The molecule has 0 aliphatic carbocycles. The van der Waals surface area contributed by atoms with Crippen LogP contribution >= 0.6 is 11.3 Å². The molecule has 3 nitrogen and oxygen atoms in total. The van der Waals surface area contributed by atoms with Crippen LogP contribution in [0.5, 0.6) is 0 Å². The highest BCUT2D eigenvalue weighted by molar-refractivity contribution is 7.17. The summed E-state index contributed by atoms with van der Waals surface area (Å²) >= 11 is 1.64. The summed E-state index contributed by atoms with van der Waals surface area (Å²) in [5.41, 5.74) is 3.58. The Morgan fingerprint density at radius 2 is 1.96 bits per heavy atom. The Hall–Kier alpha value is -2.46. The predicted octanol–water partition coefficient (Wildman–Crippen LogP) is 4.90. The molecule has 0 N–H and O–H groups in total. The van der Waals surface area contributed by atoms with E-state index in [1.54, 1.807) is 11.3 Å². The van der Waals surface area contributed by atoms with Crippen molar-refractivity contribution in [2.45, 2.75) is 20.3 Å². The van der Waals surface area contributed by atoms with Crippen LogP contribution in [0.1, 0.15) is 28.0 Å². The number of imidazole rings is 1. The second-order valence-electron chi connectivity index (χ2n) is 5.60. The molecule has 0 saturated carbocycles. The first-order valence-electron chi connectivity index (χ1n) is 7.68. The van der Waals surface area contributed by atoms with Gasteiger partial charge in [0.15, 0.2) is 11.2 Å². The van der Waals surface area contributed by atoms with Crippen LogP contribution in [-0.2, 0) is 6.42 Å². The minimum Gasteiger partial charge on any atom is -0.296 e. The van der Waals surface area contributed by atoms with Crippen molar-refractivity contribution in [3.8, 4) is 11.3 Å². The van der Waals surface area contributed by atoms with E-state index in [0.717, 1.165) is 34.3 Å². The molecule has 0 bridgehead atoms. The molecule has 0 spiro atoms. The third-order valence-electron chi connectivity index (χ3n) is 4.27. The van der Waals surface area contributed by atoms with Crippen LogP contribution in [-0.4, -0.2) is 15.7 Å². The number of hydrogen-bond acceptors (Lipinski definition) is 3. The van der Waals surface area contributed by atoms with Gasteiger partial charge >= 0.3 is 0 Å². The summed E-state index contributed by atoms with van der Waals surface area (Å²) in [6, 6.07) is 14.5. The van der Waals surface area contributed by atoms with E-state index in [-0.39, 0.29) is 0 Å². The van der Waals surface area contributed by atoms with E-state index in [1.807, 2.05) is 22.6 Å². The van der Waals surface area contributed by atoms with E-state index in [4.69, 9.17) is 4.98 Å². The van der Waals surface area contributed by atoms with Crippen LogP contribution in [0.25, 0.3) is 27.0 Å². The molecule has 0 saturated heterocycles. The molecule has 0 atom stereocenters. The molecule has 4 aromatic rings. The lowest BCUT2D eigenvalue weighted by Crippen LogP contribution is -1.97. The Balaban J connectivity index is 2.00. The number of benzene rings is 2. The second kappa shape index (κ2) is 5.32. The van der Waals surface area contributed by atoms with Crippen LogP contribution in [0.4, 0.5) is 0 Å². The summed E-state index contributed by atoms with van der Waals surface area (Å²) in [4.78, 5) is 18.6. The molecule has 114 valence electrons. The van der Waals surface area contributed by atoms with Crippen molar-refractivity contribution < 1.29 is 4.79 Å². The summed E-state index contributed by atoms with van der Waals surface area (Å²) in [6.07, 6.45) is 1.82. The zero-order chi connectivity index (χ0) is 16.0. The van der Waals surface area contributed by atoms with E-state index in [1.165, 1.54) is 16.0 Å². The predicted molar refractivity (Wildman–Crippen MR) is 95.5 cm³/mol. The maximum atomic E-state index is 11.8. The maximum absolute atomic E-state index is 11.8. The zero-order valence-electron chi connectivity index (χ0n) is 13.0. The molecule has 2 heterocycles. The number of hydrogen-bond donors (Lipinski definition) is 0. The largest absolute Gasteiger partial charge is 0.296 e. The van der Waals surface area contributed by atoms with Crippen LogP contribution < -0.4 is 0 Å². The number of nitrogens with zero attached hydrogens (tertiary/aromatic N) is 2. The van der Waals surface area contributed by atoms with Gasteiger partial charge in [-0.05, 0) is 30.2 Å². The van der Waals surface area contributed by atoms with Crippen LogP contribution in [0.2, 0.25) is 0 Å². The van der Waals surface area contributed by atoms with Gasteiger partial charge in [0.1, 0.15) is 11.4 Å². The molecule has 0 unspecified atom stereocenters. The number of thiazole rings is 1. The average molecular weight is 320 g/mol. The topological polar surface area (TPSA) is 34.4 Å². The van der Waals surface area contributed by atoms with Gasteiger partial charge in [0.2, 0.25) is 0 Å². The van der Waals surface area contributed by atoms with Gasteiger partial charge in [-0.15, -0.1) is 11.3 Å². The molecular weight excluding hydrogens is 304 g/mol. The Morgan fingerprint density at radius 1 is 1.17 bits per heavy atom. The first-order chi connectivity index (χ1) is 11.2. The number of aryl methyl sites for hydroxylation is 2. The standard InChI is InChI=1S/C19H16N2OS/c1-3-16-12(2)23-19-20-18(17(11-22)21(16)19)15-9-8-13-6-4-5-7-14(13)10-15/h4-11H,3H2,1-2H3. The molecule has 0 amide bonds. The van der Waals surface area contributed by atoms with Gasteiger partial charge in [0.05, 0.1) is 0 Å². The molecule has 2 aromatic carbocycles. The SMILES string of the molecule is CCc1c(C)sc2nc(-c3ccc4ccccc4c3)c(C=O)n12. The van der Waals surface area contributed by atoms with Gasteiger partial charge in [-0.2, -0.15) is 0 Å². The second-order valence-corrected chi connectivity index (χ2v) is 6.78. The molecule has 0 fully saturated rings. The van der Waals surface area contributed by atoms with Crippen molar-refractivity contribution in [3.05, 3.63) is 58.7 Å². The minimum atomic E-state index is 0.650. The Bertz CT molecular complexity index is 1040. The summed E-state index contributed by atoms with van der Waals surface area (Å²) in [5.74, 6) is 0. The van der Waals surface area contributed by atoms with Crippen molar-refractivity contribution in [1.82, 2.24) is 9.38 Å². The van der Waals surface area contributed by atoms with Gasteiger partial charge in [-0.3, -0.25) is 9.20 Å². The van der Waals surface area contributed by atoms with Crippen LogP contribution in [0.15, 0.2) is 42.5 Å². The van der Waals surface area contributed by atoms with E-state index < -0.39 is 0 Å². The summed E-state index contributed by atoms with van der Waals surface area (Å²) in [5, 5.41) is 2.35. The number of carbonyl (C=O) groups is 1. The third kappa shape index (κ3) is 2.10. The zero-order valence-corrected chi connectivity index (χ0v) is 13.9. The number of carbonyl (C=O) groups excluding carboxylic acids is 1. The summed E-state index contributed by atoms with van der Waals surface area (Å²) < 4.78 is 2.01. The van der Waals surface area contributed by atoms with Crippen molar-refractivity contribution in [3.63, 3.8) is 0 Å². The Kier molecular flexibility index (Phi) is 3.27. The van der Waals surface area contributed by atoms with Crippen LogP contribution in [0.3, 0.4) is 0 Å². The number of rotatable bonds is 3. The van der Waals surface area contributed by atoms with E-state index in [2.05, 4.69) is 38.1 Å². The maximum Gasteiger partial charge on any atom is 0.195 e. The Labute approximate surface area is 138 Å². The molecule has 0 aliphatic rings. The molecule has 0 aliphatic heterocycles. The summed E-state index contributed by atoms with van der Waals surface area (Å²) in [6.45, 7) is 4.20. The first-order valence-corrected chi connectivity index (χ1v) is 8.49. The van der Waals surface area contributed by atoms with E-state index in [0.29, 0.717) is 5.69 Å². The van der Waals surface area contributed by atoms with E-state index >= 15 is 0 Å². The Morgan fingerprint density at radius 3 is 2.70 bits per heavy atom. The van der Waals surface area contributed by atoms with Gasteiger partial charge in [0, 0.05) is 16.1 Å². The highest BCUT2D eigenvalue weighted by atomic mass is 32.1.